The summed E-state index contributed by atoms with van der Waals surface area (Å²) in [4.78, 5) is 14.4. The highest BCUT2D eigenvalue weighted by atomic mass is 32.2. The molecule has 0 saturated heterocycles. The summed E-state index contributed by atoms with van der Waals surface area (Å²) in [5.74, 6) is 1.07. The number of rotatable bonds is 9. The van der Waals surface area contributed by atoms with E-state index in [2.05, 4.69) is 4.72 Å². The number of carbonyl (C=O) groups excluding carboxylic acids is 1. The number of sulfonamides is 1. The van der Waals surface area contributed by atoms with Gasteiger partial charge in [-0.15, -0.1) is 0 Å². The lowest BCUT2D eigenvalue weighted by Gasteiger charge is -2.20. The van der Waals surface area contributed by atoms with Crippen LogP contribution in [0.2, 0.25) is 0 Å². The van der Waals surface area contributed by atoms with Crippen molar-refractivity contribution < 1.29 is 22.0 Å². The lowest BCUT2D eigenvalue weighted by molar-refractivity contribution is -0.132. The van der Waals surface area contributed by atoms with Gasteiger partial charge in [0.1, 0.15) is 11.5 Å². The molecule has 0 unspecified atom stereocenters. The molecule has 2 aromatic heterocycles. The molecule has 8 heteroatoms. The van der Waals surface area contributed by atoms with Crippen molar-refractivity contribution in [3.05, 3.63) is 78.1 Å². The Labute approximate surface area is 164 Å². The molecule has 1 N–H and O–H groups in total. The lowest BCUT2D eigenvalue weighted by Crippen LogP contribution is -2.33. The number of hydrogen-bond donors (Lipinski definition) is 1. The Kier molecular flexibility index (Phi) is 6.33. The Morgan fingerprint density at radius 3 is 2.04 bits per heavy atom. The van der Waals surface area contributed by atoms with E-state index in [1.165, 1.54) is 0 Å². The summed E-state index contributed by atoms with van der Waals surface area (Å²) in [5.41, 5.74) is 0.973. The number of hydrogen-bond acceptors (Lipinski definition) is 5. The summed E-state index contributed by atoms with van der Waals surface area (Å²) in [7, 11) is -3.66. The Balaban J connectivity index is 1.60. The summed E-state index contributed by atoms with van der Waals surface area (Å²) in [6.07, 6.45) is 3.10. The summed E-state index contributed by atoms with van der Waals surface area (Å²) < 4.78 is 37.8. The van der Waals surface area contributed by atoms with Gasteiger partial charge < -0.3 is 13.7 Å². The molecule has 0 bridgehead atoms. The molecule has 1 amide bonds. The van der Waals surface area contributed by atoms with Crippen molar-refractivity contribution in [3.8, 4) is 0 Å². The predicted molar refractivity (Wildman–Crippen MR) is 103 cm³/mol. The molecule has 0 aliphatic carbocycles. The fourth-order valence-corrected chi connectivity index (χ4v) is 3.70. The fourth-order valence-electron chi connectivity index (χ4n) is 2.66. The standard InChI is InChI=1S/C20H22N2O5S/c1-16-6-8-19(9-7-16)28(24,25)21-11-10-20(23)22(14-17-4-2-12-26-17)15-18-5-3-13-27-18/h2-9,12-13,21H,10-11,14-15H2,1H3. The molecule has 0 aliphatic heterocycles. The molecule has 3 rings (SSSR count). The maximum atomic E-state index is 12.7. The summed E-state index contributed by atoms with van der Waals surface area (Å²) in [6, 6.07) is 13.6. The third kappa shape index (κ3) is 5.34. The highest BCUT2D eigenvalue weighted by Crippen LogP contribution is 2.13. The quantitative estimate of drug-likeness (QED) is 0.594. The first-order chi connectivity index (χ1) is 13.4. The van der Waals surface area contributed by atoms with Crippen LogP contribution in [-0.2, 0) is 27.9 Å². The van der Waals surface area contributed by atoms with Crippen LogP contribution in [0, 0.1) is 6.92 Å². The van der Waals surface area contributed by atoms with Crippen LogP contribution in [0.3, 0.4) is 0 Å². The first-order valence-corrected chi connectivity index (χ1v) is 10.3. The predicted octanol–water partition coefficient (Wildman–Crippen LogP) is 3.08. The number of amides is 1. The number of nitrogens with zero attached hydrogens (tertiary/aromatic N) is 1. The molecule has 28 heavy (non-hydrogen) atoms. The zero-order valence-electron chi connectivity index (χ0n) is 15.5. The second-order valence-electron chi connectivity index (χ2n) is 6.37. The van der Waals surface area contributed by atoms with E-state index >= 15 is 0 Å². The monoisotopic (exact) mass is 402 g/mol. The molecular weight excluding hydrogens is 380 g/mol. The van der Waals surface area contributed by atoms with Gasteiger partial charge in [0.05, 0.1) is 30.5 Å². The van der Waals surface area contributed by atoms with Crippen molar-refractivity contribution in [3.63, 3.8) is 0 Å². The van der Waals surface area contributed by atoms with Gasteiger partial charge in [0, 0.05) is 13.0 Å². The third-order valence-corrected chi connectivity index (χ3v) is 5.65. The van der Waals surface area contributed by atoms with Crippen molar-refractivity contribution in [2.75, 3.05) is 6.54 Å². The summed E-state index contributed by atoms with van der Waals surface area (Å²) >= 11 is 0. The van der Waals surface area contributed by atoms with Gasteiger partial charge in [0.25, 0.3) is 0 Å². The average molecular weight is 402 g/mol. The van der Waals surface area contributed by atoms with Gasteiger partial charge in [0.15, 0.2) is 0 Å². The molecule has 0 atom stereocenters. The van der Waals surface area contributed by atoms with Gasteiger partial charge in [-0.1, -0.05) is 17.7 Å². The maximum Gasteiger partial charge on any atom is 0.240 e. The van der Waals surface area contributed by atoms with E-state index < -0.39 is 10.0 Å². The number of aryl methyl sites for hydroxylation is 1. The number of carbonyl (C=O) groups is 1. The van der Waals surface area contributed by atoms with Crippen LogP contribution in [0.1, 0.15) is 23.5 Å². The highest BCUT2D eigenvalue weighted by molar-refractivity contribution is 7.89. The zero-order valence-corrected chi connectivity index (χ0v) is 16.3. The number of benzene rings is 1. The Hall–Kier alpha value is -2.84. The third-order valence-electron chi connectivity index (χ3n) is 4.17. The van der Waals surface area contributed by atoms with Gasteiger partial charge in [-0.2, -0.15) is 0 Å². The maximum absolute atomic E-state index is 12.7. The SMILES string of the molecule is Cc1ccc(S(=O)(=O)NCCC(=O)N(Cc2ccco2)Cc2ccco2)cc1. The van der Waals surface area contributed by atoms with Crippen molar-refractivity contribution in [1.29, 1.82) is 0 Å². The van der Waals surface area contributed by atoms with E-state index in [1.807, 2.05) is 6.92 Å². The molecule has 0 radical (unpaired) electrons. The van der Waals surface area contributed by atoms with E-state index in [1.54, 1.807) is 66.0 Å². The molecule has 3 aromatic rings. The van der Waals surface area contributed by atoms with Crippen LogP contribution in [-0.4, -0.2) is 25.8 Å². The van der Waals surface area contributed by atoms with Gasteiger partial charge in [-0.05, 0) is 43.3 Å². The highest BCUT2D eigenvalue weighted by Gasteiger charge is 2.19. The van der Waals surface area contributed by atoms with E-state index in [-0.39, 0.29) is 36.9 Å². The molecule has 2 heterocycles. The van der Waals surface area contributed by atoms with E-state index in [9.17, 15) is 13.2 Å². The first kappa shape index (κ1) is 19.9. The Morgan fingerprint density at radius 2 is 1.54 bits per heavy atom. The number of furan rings is 2. The molecule has 1 aromatic carbocycles. The molecule has 0 saturated carbocycles. The van der Waals surface area contributed by atoms with Gasteiger partial charge >= 0.3 is 0 Å². The molecule has 0 aliphatic rings. The minimum absolute atomic E-state index is 0.00184. The van der Waals surface area contributed by atoms with Crippen LogP contribution in [0.4, 0.5) is 0 Å². The van der Waals surface area contributed by atoms with Crippen LogP contribution in [0.15, 0.2) is 74.8 Å². The van der Waals surface area contributed by atoms with Crippen LogP contribution in [0.5, 0.6) is 0 Å². The summed E-state index contributed by atoms with van der Waals surface area (Å²) in [5, 5.41) is 0. The largest absolute Gasteiger partial charge is 0.467 e. The first-order valence-electron chi connectivity index (χ1n) is 8.83. The van der Waals surface area contributed by atoms with Crippen molar-refractivity contribution in [2.24, 2.45) is 0 Å². The fraction of sp³-hybridized carbons (Fsp3) is 0.250. The molecule has 7 nitrogen and oxygen atoms in total. The normalized spacial score (nSPS) is 11.5. The molecule has 148 valence electrons. The average Bonchev–Trinajstić information content (AvgIpc) is 3.35. The Morgan fingerprint density at radius 1 is 0.964 bits per heavy atom. The number of nitrogens with one attached hydrogen (secondary N) is 1. The molecule has 0 spiro atoms. The second kappa shape index (κ2) is 8.90. The molecular formula is C20H22N2O5S. The minimum atomic E-state index is -3.66. The van der Waals surface area contributed by atoms with Crippen LogP contribution >= 0.6 is 0 Å². The Bertz CT molecular complexity index is 942. The van der Waals surface area contributed by atoms with Gasteiger partial charge in [-0.25, -0.2) is 13.1 Å². The van der Waals surface area contributed by atoms with Gasteiger partial charge in [0.2, 0.25) is 15.9 Å². The zero-order chi connectivity index (χ0) is 20.0. The van der Waals surface area contributed by atoms with Crippen molar-refractivity contribution in [1.82, 2.24) is 9.62 Å². The van der Waals surface area contributed by atoms with E-state index in [0.29, 0.717) is 11.5 Å². The van der Waals surface area contributed by atoms with E-state index in [4.69, 9.17) is 8.83 Å². The second-order valence-corrected chi connectivity index (χ2v) is 8.14. The van der Waals surface area contributed by atoms with Crippen molar-refractivity contribution in [2.45, 2.75) is 31.3 Å². The van der Waals surface area contributed by atoms with Gasteiger partial charge in [-0.3, -0.25) is 4.79 Å². The van der Waals surface area contributed by atoms with Crippen LogP contribution in [0.25, 0.3) is 0 Å². The lowest BCUT2D eigenvalue weighted by atomic mass is 10.2. The topological polar surface area (TPSA) is 92.8 Å². The van der Waals surface area contributed by atoms with Crippen molar-refractivity contribution >= 4 is 15.9 Å². The van der Waals surface area contributed by atoms with E-state index in [0.717, 1.165) is 5.56 Å². The van der Waals surface area contributed by atoms with Crippen LogP contribution < -0.4 is 4.72 Å². The molecule has 0 fully saturated rings. The summed E-state index contributed by atoms with van der Waals surface area (Å²) in [6.45, 7) is 2.44. The smallest absolute Gasteiger partial charge is 0.240 e. The minimum Gasteiger partial charge on any atom is -0.467 e.